The number of aryl methyl sites for hydroxylation is 2. The molecule has 196 valence electrons. The zero-order chi connectivity index (χ0) is 26.9. The van der Waals surface area contributed by atoms with E-state index in [9.17, 15) is 14.4 Å². The standard InChI is InChI=1S/C29H33NO6S/c1-7-35-28(32)23-16(4)30-22-14-21(18-10-9-11-19(13-18)34-6)25(29(33)36-8-2)27(31)26(22)24(23)20-12-15(3)37-17(20)5/h9-13,21,24-26H,7-8,14H2,1-6H3/t21-,24-,25-,26?/m1/s1. The van der Waals surface area contributed by atoms with E-state index >= 15 is 0 Å². The number of ether oxygens (including phenoxy) is 3. The molecule has 1 unspecified atom stereocenters. The summed E-state index contributed by atoms with van der Waals surface area (Å²) in [5.41, 5.74) is 3.32. The minimum Gasteiger partial charge on any atom is -0.497 e. The lowest BCUT2D eigenvalue weighted by Gasteiger charge is -2.41. The summed E-state index contributed by atoms with van der Waals surface area (Å²) in [5, 5.41) is 0. The van der Waals surface area contributed by atoms with Crippen LogP contribution in [0, 0.1) is 25.7 Å². The molecular weight excluding hydrogens is 490 g/mol. The van der Waals surface area contributed by atoms with Crippen molar-refractivity contribution in [1.82, 2.24) is 0 Å². The maximum Gasteiger partial charge on any atom is 0.336 e. The van der Waals surface area contributed by atoms with Gasteiger partial charge in [0, 0.05) is 33.0 Å². The second-order valence-corrected chi connectivity index (χ2v) is 10.8. The molecule has 1 aliphatic heterocycles. The Hall–Kier alpha value is -3.26. The number of hydrogen-bond acceptors (Lipinski definition) is 8. The zero-order valence-corrected chi connectivity index (χ0v) is 22.9. The molecule has 7 nitrogen and oxygen atoms in total. The van der Waals surface area contributed by atoms with Crippen molar-refractivity contribution < 1.29 is 28.6 Å². The van der Waals surface area contributed by atoms with Gasteiger partial charge in [-0.25, -0.2) is 4.79 Å². The Morgan fingerprint density at radius 2 is 1.78 bits per heavy atom. The number of methoxy groups -OCH3 is 1. The summed E-state index contributed by atoms with van der Waals surface area (Å²) in [6.07, 6.45) is 0.388. The summed E-state index contributed by atoms with van der Waals surface area (Å²) in [6, 6.07) is 9.45. The molecule has 4 rings (SSSR count). The molecule has 0 amide bonds. The fourth-order valence-corrected chi connectivity index (χ4v) is 6.61. The van der Waals surface area contributed by atoms with Crippen LogP contribution >= 0.6 is 11.3 Å². The molecule has 1 fully saturated rings. The number of Topliss-reactive ketones (excluding diaryl/α,β-unsaturated/α-hetero) is 1. The van der Waals surface area contributed by atoms with Gasteiger partial charge in [0.05, 0.1) is 31.8 Å². The predicted octanol–water partition coefficient (Wildman–Crippen LogP) is 5.30. The molecule has 37 heavy (non-hydrogen) atoms. The van der Waals surface area contributed by atoms with Gasteiger partial charge in [-0.2, -0.15) is 0 Å². The van der Waals surface area contributed by atoms with Crippen molar-refractivity contribution in [3.8, 4) is 5.75 Å². The number of rotatable bonds is 7. The van der Waals surface area contributed by atoms with Gasteiger partial charge in [0.1, 0.15) is 11.7 Å². The van der Waals surface area contributed by atoms with Gasteiger partial charge in [-0.1, -0.05) is 12.1 Å². The van der Waals surface area contributed by atoms with Crippen molar-refractivity contribution in [2.75, 3.05) is 20.3 Å². The lowest BCUT2D eigenvalue weighted by atomic mass is 9.62. The molecular formula is C29H33NO6S. The number of aliphatic imine (C=N–C) groups is 1. The quantitative estimate of drug-likeness (QED) is 0.361. The first-order valence-electron chi connectivity index (χ1n) is 12.6. The molecule has 1 aliphatic carbocycles. The normalized spacial score (nSPS) is 23.3. The molecule has 2 heterocycles. The lowest BCUT2D eigenvalue weighted by Crippen LogP contribution is -2.48. The van der Waals surface area contributed by atoms with E-state index in [4.69, 9.17) is 19.2 Å². The number of ketones is 1. The van der Waals surface area contributed by atoms with Gasteiger partial charge >= 0.3 is 11.9 Å². The fraction of sp³-hybridized carbons (Fsp3) is 0.448. The molecule has 4 atom stereocenters. The van der Waals surface area contributed by atoms with Gasteiger partial charge < -0.3 is 14.2 Å². The monoisotopic (exact) mass is 523 g/mol. The average molecular weight is 524 g/mol. The number of carbonyl (C=O) groups is 3. The van der Waals surface area contributed by atoms with E-state index in [1.54, 1.807) is 39.2 Å². The van der Waals surface area contributed by atoms with Gasteiger partial charge in [0.15, 0.2) is 5.78 Å². The zero-order valence-electron chi connectivity index (χ0n) is 22.1. The Labute approximate surface area is 221 Å². The summed E-state index contributed by atoms with van der Waals surface area (Å²) >= 11 is 1.62. The van der Waals surface area contributed by atoms with Crippen LogP contribution in [0.2, 0.25) is 0 Å². The van der Waals surface area contributed by atoms with Crippen molar-refractivity contribution in [3.05, 3.63) is 62.5 Å². The molecule has 1 saturated carbocycles. The minimum absolute atomic E-state index is 0.165. The van der Waals surface area contributed by atoms with Gasteiger partial charge in [-0.15, -0.1) is 11.3 Å². The Morgan fingerprint density at radius 3 is 2.41 bits per heavy atom. The Morgan fingerprint density at radius 1 is 1.05 bits per heavy atom. The van der Waals surface area contributed by atoms with Crippen LogP contribution in [0.5, 0.6) is 5.75 Å². The first-order chi connectivity index (χ1) is 17.7. The summed E-state index contributed by atoms with van der Waals surface area (Å²) in [6.45, 7) is 9.64. The molecule has 0 N–H and O–H groups in total. The van der Waals surface area contributed by atoms with E-state index in [0.717, 1.165) is 20.9 Å². The van der Waals surface area contributed by atoms with Crippen molar-refractivity contribution in [1.29, 1.82) is 0 Å². The molecule has 2 aromatic rings. The minimum atomic E-state index is -1.03. The van der Waals surface area contributed by atoms with Gasteiger partial charge in [0.2, 0.25) is 0 Å². The number of fused-ring (bicyclic) bond motifs is 1. The summed E-state index contributed by atoms with van der Waals surface area (Å²) in [7, 11) is 1.58. The molecule has 1 aromatic carbocycles. The topological polar surface area (TPSA) is 91.3 Å². The van der Waals surface area contributed by atoms with Gasteiger partial charge in [0.25, 0.3) is 0 Å². The van der Waals surface area contributed by atoms with Crippen molar-refractivity contribution in [3.63, 3.8) is 0 Å². The van der Waals surface area contributed by atoms with Gasteiger partial charge in [-0.05, 0) is 70.4 Å². The Bertz CT molecular complexity index is 1290. The highest BCUT2D eigenvalue weighted by atomic mass is 32.1. The van der Waals surface area contributed by atoms with Crippen LogP contribution < -0.4 is 4.74 Å². The van der Waals surface area contributed by atoms with E-state index in [2.05, 4.69) is 0 Å². The highest BCUT2D eigenvalue weighted by molar-refractivity contribution is 7.12. The van der Waals surface area contributed by atoms with Crippen molar-refractivity contribution in [2.45, 2.75) is 52.9 Å². The number of hydrogen-bond donors (Lipinski definition) is 0. The Balaban J connectivity index is 1.90. The van der Waals surface area contributed by atoms with Crippen LogP contribution in [0.15, 0.2) is 46.6 Å². The number of carbonyl (C=O) groups excluding carboxylic acids is 3. The SMILES string of the molecule is CCOC(=O)C1=C(C)N=C2C[C@H](c3cccc(OC)c3)[C@@H](C(=O)OCC)C(=O)C2[C@@H]1c1cc(C)sc1C. The third-order valence-electron chi connectivity index (χ3n) is 7.12. The fourth-order valence-electron chi connectivity index (χ4n) is 5.64. The third-order valence-corrected chi connectivity index (χ3v) is 8.10. The van der Waals surface area contributed by atoms with Crippen molar-refractivity contribution >= 4 is 34.8 Å². The van der Waals surface area contributed by atoms with Crippen molar-refractivity contribution in [2.24, 2.45) is 16.8 Å². The van der Waals surface area contributed by atoms with Crippen LogP contribution in [0.1, 0.15) is 59.9 Å². The molecule has 2 aliphatic rings. The van der Waals surface area contributed by atoms with Crippen LogP contribution in [-0.4, -0.2) is 43.8 Å². The number of esters is 2. The largest absolute Gasteiger partial charge is 0.497 e. The maximum absolute atomic E-state index is 14.4. The first-order valence-corrected chi connectivity index (χ1v) is 13.4. The Kier molecular flexibility index (Phi) is 7.97. The third kappa shape index (κ3) is 4.99. The smallest absolute Gasteiger partial charge is 0.336 e. The summed E-state index contributed by atoms with van der Waals surface area (Å²) < 4.78 is 16.2. The second kappa shape index (κ2) is 11.0. The number of allylic oxidation sites excluding steroid dienone is 1. The highest BCUT2D eigenvalue weighted by Gasteiger charge is 2.53. The summed E-state index contributed by atoms with van der Waals surface area (Å²) in [5.74, 6) is -3.49. The number of benzene rings is 1. The van der Waals surface area contributed by atoms with E-state index in [-0.39, 0.29) is 19.0 Å². The average Bonchev–Trinajstić information content (AvgIpc) is 3.20. The van der Waals surface area contributed by atoms with Crippen LogP contribution in [0.4, 0.5) is 0 Å². The van der Waals surface area contributed by atoms with Crippen LogP contribution in [-0.2, 0) is 23.9 Å². The number of nitrogens with zero attached hydrogens (tertiary/aromatic N) is 1. The van der Waals surface area contributed by atoms with E-state index in [0.29, 0.717) is 29.2 Å². The molecule has 0 saturated heterocycles. The van der Waals surface area contributed by atoms with Gasteiger partial charge in [-0.3, -0.25) is 14.6 Å². The summed E-state index contributed by atoms with van der Waals surface area (Å²) in [4.78, 5) is 47.8. The number of thiophene rings is 1. The molecule has 8 heteroatoms. The first kappa shape index (κ1) is 26.8. The highest BCUT2D eigenvalue weighted by Crippen LogP contribution is 2.50. The van der Waals surface area contributed by atoms with Crippen LogP contribution in [0.3, 0.4) is 0 Å². The van der Waals surface area contributed by atoms with E-state index < -0.39 is 35.6 Å². The molecule has 1 aromatic heterocycles. The molecule has 0 spiro atoms. The van der Waals surface area contributed by atoms with Crippen LogP contribution in [0.25, 0.3) is 0 Å². The molecule has 0 bridgehead atoms. The van der Waals surface area contributed by atoms with E-state index in [1.807, 2.05) is 44.2 Å². The predicted molar refractivity (Wildman–Crippen MR) is 142 cm³/mol. The second-order valence-electron chi connectivity index (χ2n) is 9.37. The van der Waals surface area contributed by atoms with E-state index in [1.165, 1.54) is 0 Å². The maximum atomic E-state index is 14.4. The molecule has 0 radical (unpaired) electrons. The lowest BCUT2D eigenvalue weighted by molar-refractivity contribution is -0.153.